The van der Waals surface area contributed by atoms with Crippen LogP contribution in [0, 0.1) is 0 Å². The lowest BCUT2D eigenvalue weighted by Gasteiger charge is -2.45. The monoisotopic (exact) mass is 634 g/mol. The molecule has 2 aliphatic heterocycles. The summed E-state index contributed by atoms with van der Waals surface area (Å²) in [7, 11) is 4.03. The van der Waals surface area contributed by atoms with Crippen LogP contribution in [0.4, 0.5) is 0 Å². The number of nitrogens with zero attached hydrogens (tertiary/aromatic N) is 4. The Bertz CT molecular complexity index is 1370. The molecule has 0 aliphatic carbocycles. The summed E-state index contributed by atoms with van der Waals surface area (Å²) in [4.78, 5) is 35.9. The number of piperidine rings is 2. The van der Waals surface area contributed by atoms with E-state index in [4.69, 9.17) is 23.2 Å². The maximum absolute atomic E-state index is 13.8. The minimum Gasteiger partial charge on any atom is -0.341 e. The van der Waals surface area contributed by atoms with Crippen LogP contribution < -0.4 is 0 Å². The van der Waals surface area contributed by atoms with Gasteiger partial charge in [-0.1, -0.05) is 65.7 Å². The summed E-state index contributed by atoms with van der Waals surface area (Å²) in [5, 5.41) is 1.06. The molecule has 2 heterocycles. The van der Waals surface area contributed by atoms with Crippen molar-refractivity contribution in [3.05, 3.63) is 106 Å². The van der Waals surface area contributed by atoms with E-state index >= 15 is 0 Å². The van der Waals surface area contributed by atoms with Gasteiger partial charge in [0.2, 0.25) is 0 Å². The van der Waals surface area contributed by atoms with Crippen LogP contribution in [0.2, 0.25) is 10.0 Å². The average Bonchev–Trinajstić information content (AvgIpc) is 3.06. The molecule has 0 unspecified atom stereocenters. The predicted octanol–water partition coefficient (Wildman–Crippen LogP) is 6.94. The molecule has 6 nitrogen and oxygen atoms in total. The molecule has 1 atom stereocenters. The summed E-state index contributed by atoms with van der Waals surface area (Å²) in [5.41, 5.74) is 2.56. The molecule has 0 N–H and O–H groups in total. The van der Waals surface area contributed by atoms with Crippen LogP contribution in [-0.2, 0) is 0 Å². The van der Waals surface area contributed by atoms with Gasteiger partial charge in [-0.3, -0.25) is 9.59 Å². The lowest BCUT2D eigenvalue weighted by Crippen LogP contribution is -2.54. The number of amides is 2. The molecule has 3 aromatic carbocycles. The highest BCUT2D eigenvalue weighted by molar-refractivity contribution is 6.42. The third kappa shape index (κ3) is 8.22. The Morgan fingerprint density at radius 1 is 0.773 bits per heavy atom. The number of hydrogen-bond acceptors (Lipinski definition) is 4. The van der Waals surface area contributed by atoms with Crippen molar-refractivity contribution in [2.75, 3.05) is 53.4 Å². The van der Waals surface area contributed by atoms with Crippen LogP contribution in [0.5, 0.6) is 0 Å². The van der Waals surface area contributed by atoms with Gasteiger partial charge in [-0.05, 0) is 101 Å². The van der Waals surface area contributed by atoms with Gasteiger partial charge in [0.15, 0.2) is 0 Å². The summed E-state index contributed by atoms with van der Waals surface area (Å²) in [6.45, 7) is 5.44. The summed E-state index contributed by atoms with van der Waals surface area (Å²) in [6, 6.07) is 25.5. The number of benzene rings is 3. The molecule has 44 heavy (non-hydrogen) atoms. The first-order chi connectivity index (χ1) is 21.3. The molecule has 8 heteroatoms. The van der Waals surface area contributed by atoms with Gasteiger partial charge in [-0.15, -0.1) is 0 Å². The first kappa shape index (κ1) is 32.5. The van der Waals surface area contributed by atoms with Crippen LogP contribution in [0.3, 0.4) is 0 Å². The van der Waals surface area contributed by atoms with E-state index in [0.717, 1.165) is 76.0 Å². The number of carbonyl (C=O) groups is 2. The molecule has 0 saturated carbocycles. The largest absolute Gasteiger partial charge is 0.341 e. The molecule has 2 amide bonds. The van der Waals surface area contributed by atoms with Crippen molar-refractivity contribution < 1.29 is 9.59 Å². The molecule has 2 fully saturated rings. The van der Waals surface area contributed by atoms with Gasteiger partial charge in [0.1, 0.15) is 0 Å². The molecular formula is C36H44Cl2N4O2. The Morgan fingerprint density at radius 2 is 1.32 bits per heavy atom. The lowest BCUT2D eigenvalue weighted by molar-refractivity contribution is 0.0315. The van der Waals surface area contributed by atoms with Crippen LogP contribution in [0.15, 0.2) is 78.9 Å². The highest BCUT2D eigenvalue weighted by atomic mass is 35.5. The fourth-order valence-corrected chi connectivity index (χ4v) is 7.04. The number of carbonyl (C=O) groups excluding carboxylic acids is 2. The van der Waals surface area contributed by atoms with Crippen LogP contribution in [0.25, 0.3) is 0 Å². The number of likely N-dealkylation sites (N-methyl/N-ethyl adjacent to an activating group) is 1. The third-order valence-electron chi connectivity index (χ3n) is 9.36. The topological polar surface area (TPSA) is 47.1 Å². The molecule has 234 valence electrons. The molecule has 2 saturated heterocycles. The van der Waals surface area contributed by atoms with Gasteiger partial charge in [-0.2, -0.15) is 0 Å². The zero-order valence-electron chi connectivity index (χ0n) is 25.9. The molecule has 0 bridgehead atoms. The summed E-state index contributed by atoms with van der Waals surface area (Å²) in [6.07, 6.45) is 4.87. The molecule has 2 aliphatic rings. The third-order valence-corrected chi connectivity index (χ3v) is 10.1. The van der Waals surface area contributed by atoms with Gasteiger partial charge in [-0.25, -0.2) is 0 Å². The Balaban J connectivity index is 1.24. The Labute approximate surface area is 272 Å². The molecule has 3 aromatic rings. The standard InChI is InChI=1S/C36H44Cl2N4O2/c1-39-20-16-31(17-21-39)42(36(44)28-11-7-4-8-12-28)32-18-23-41(24-19-32)22-15-30(29-13-14-33(37)34(38)25-29)26-40(2)35(43)27-9-5-3-6-10-27/h3-14,25,30-32H,15-24,26H2,1-2H3/t30-/m1/s1. The van der Waals surface area contributed by atoms with Crippen LogP contribution in [-0.4, -0.2) is 96.9 Å². The normalized spacial score (nSPS) is 17.7. The fourth-order valence-electron chi connectivity index (χ4n) is 6.74. The average molecular weight is 636 g/mol. The van der Waals surface area contributed by atoms with Crippen molar-refractivity contribution in [2.45, 2.75) is 50.1 Å². The van der Waals surface area contributed by atoms with Crippen molar-refractivity contribution in [1.82, 2.24) is 19.6 Å². The first-order valence-electron chi connectivity index (χ1n) is 15.8. The quantitative estimate of drug-likeness (QED) is 0.242. The molecular weight excluding hydrogens is 591 g/mol. The predicted molar refractivity (Wildman–Crippen MR) is 180 cm³/mol. The number of halogens is 2. The number of rotatable bonds is 10. The maximum atomic E-state index is 13.8. The van der Waals surface area contributed by atoms with E-state index < -0.39 is 0 Å². The van der Waals surface area contributed by atoms with Gasteiger partial charge in [0.25, 0.3) is 11.8 Å². The van der Waals surface area contributed by atoms with Gasteiger partial charge in [0.05, 0.1) is 10.0 Å². The smallest absolute Gasteiger partial charge is 0.254 e. The second-order valence-corrected chi connectivity index (χ2v) is 13.2. The minimum absolute atomic E-state index is 0.00792. The Kier molecular flexibility index (Phi) is 11.4. The van der Waals surface area contributed by atoms with Crippen molar-refractivity contribution in [3.8, 4) is 0 Å². The van der Waals surface area contributed by atoms with E-state index in [1.807, 2.05) is 90.8 Å². The fraction of sp³-hybridized carbons (Fsp3) is 0.444. The zero-order valence-corrected chi connectivity index (χ0v) is 27.4. The highest BCUT2D eigenvalue weighted by Gasteiger charge is 2.35. The first-order valence-corrected chi connectivity index (χ1v) is 16.6. The van der Waals surface area contributed by atoms with Crippen molar-refractivity contribution in [3.63, 3.8) is 0 Å². The molecule has 0 radical (unpaired) electrons. The summed E-state index contributed by atoms with van der Waals surface area (Å²) >= 11 is 12.7. The molecule has 0 spiro atoms. The van der Waals surface area contributed by atoms with Gasteiger partial charge < -0.3 is 19.6 Å². The summed E-state index contributed by atoms with van der Waals surface area (Å²) in [5.74, 6) is 0.286. The minimum atomic E-state index is 0.00792. The van der Waals surface area contributed by atoms with Crippen molar-refractivity contribution in [2.24, 2.45) is 0 Å². The SMILES string of the molecule is CN1CCC(N(C(=O)c2ccccc2)C2CCN(CC[C@H](CN(C)C(=O)c3ccccc3)c3ccc(Cl)c(Cl)c3)CC2)CC1. The summed E-state index contributed by atoms with van der Waals surface area (Å²) < 4.78 is 0. The number of hydrogen-bond donors (Lipinski definition) is 0. The maximum Gasteiger partial charge on any atom is 0.254 e. The van der Waals surface area contributed by atoms with E-state index in [2.05, 4.69) is 21.7 Å². The van der Waals surface area contributed by atoms with Crippen molar-refractivity contribution >= 4 is 35.0 Å². The second kappa shape index (κ2) is 15.4. The van der Waals surface area contributed by atoms with Gasteiger partial charge >= 0.3 is 0 Å². The Morgan fingerprint density at radius 3 is 1.89 bits per heavy atom. The van der Waals surface area contributed by atoms with Crippen molar-refractivity contribution in [1.29, 1.82) is 0 Å². The molecule has 0 aromatic heterocycles. The number of likely N-dealkylation sites (tertiary alicyclic amines) is 2. The van der Waals surface area contributed by atoms with Crippen LogP contribution in [0.1, 0.15) is 64.3 Å². The van der Waals surface area contributed by atoms with E-state index in [1.165, 1.54) is 0 Å². The van der Waals surface area contributed by atoms with Crippen LogP contribution >= 0.6 is 23.2 Å². The van der Waals surface area contributed by atoms with Gasteiger partial charge in [0, 0.05) is 55.8 Å². The van der Waals surface area contributed by atoms with E-state index in [-0.39, 0.29) is 29.8 Å². The Hall–Kier alpha value is -2.90. The molecule has 5 rings (SSSR count). The highest BCUT2D eigenvalue weighted by Crippen LogP contribution is 2.31. The zero-order chi connectivity index (χ0) is 31.1. The van der Waals surface area contributed by atoms with E-state index in [1.54, 1.807) is 0 Å². The second-order valence-electron chi connectivity index (χ2n) is 12.4. The lowest BCUT2D eigenvalue weighted by atomic mass is 9.93. The van der Waals surface area contributed by atoms with E-state index in [9.17, 15) is 9.59 Å². The van der Waals surface area contributed by atoms with E-state index in [0.29, 0.717) is 22.2 Å².